The minimum Gasteiger partial charge on any atom is -0.489 e. The second kappa shape index (κ2) is 4.79. The van der Waals surface area contributed by atoms with Gasteiger partial charge in [0.15, 0.2) is 0 Å². The summed E-state index contributed by atoms with van der Waals surface area (Å²) in [5.41, 5.74) is 1.63. The smallest absolute Gasteiger partial charge is 0.129 e. The molecule has 82 valence electrons. The van der Waals surface area contributed by atoms with Gasteiger partial charge in [0.2, 0.25) is 0 Å². The Kier molecular flexibility index (Phi) is 3.20. The summed E-state index contributed by atoms with van der Waals surface area (Å²) in [6, 6.07) is 14.4. The highest BCUT2D eigenvalue weighted by Crippen LogP contribution is 2.18. The van der Waals surface area contributed by atoms with E-state index in [9.17, 15) is 4.39 Å². The molecular weight excluding hydrogens is 203 g/mol. The molecule has 2 rings (SSSR count). The Morgan fingerprint density at radius 3 is 2.44 bits per heavy atom. The molecule has 2 aromatic carbocycles. The molecule has 0 saturated carbocycles. The molecule has 16 heavy (non-hydrogen) atoms. The zero-order valence-electron chi connectivity index (χ0n) is 9.11. The summed E-state index contributed by atoms with van der Waals surface area (Å²) in [5, 5.41) is 0. The van der Waals surface area contributed by atoms with Crippen LogP contribution in [-0.4, -0.2) is 0 Å². The van der Waals surface area contributed by atoms with Crippen LogP contribution in [0, 0.1) is 12.7 Å². The van der Waals surface area contributed by atoms with Crippen LogP contribution in [0.25, 0.3) is 0 Å². The van der Waals surface area contributed by atoms with Crippen molar-refractivity contribution >= 4 is 0 Å². The number of rotatable bonds is 3. The summed E-state index contributed by atoms with van der Waals surface area (Å²) in [5.74, 6) is 0.571. The molecule has 0 saturated heterocycles. The largest absolute Gasteiger partial charge is 0.489 e. The lowest BCUT2D eigenvalue weighted by atomic mass is 10.2. The van der Waals surface area contributed by atoms with Gasteiger partial charge in [-0.15, -0.1) is 0 Å². The first-order valence-corrected chi connectivity index (χ1v) is 5.19. The maximum Gasteiger partial charge on any atom is 0.129 e. The first-order valence-electron chi connectivity index (χ1n) is 5.19. The van der Waals surface area contributed by atoms with E-state index in [1.54, 1.807) is 18.2 Å². The van der Waals surface area contributed by atoms with Crippen LogP contribution in [-0.2, 0) is 6.61 Å². The minimum absolute atomic E-state index is 0.226. The molecule has 0 spiro atoms. The average Bonchev–Trinajstić information content (AvgIpc) is 2.30. The normalized spacial score (nSPS) is 10.1. The monoisotopic (exact) mass is 216 g/mol. The molecule has 0 amide bonds. The molecule has 0 unspecified atom stereocenters. The van der Waals surface area contributed by atoms with Crippen LogP contribution in [0.2, 0.25) is 0 Å². The number of para-hydroxylation sites is 1. The standard InChI is InChI=1S/C14H13FO/c1-11-6-2-5-9-14(11)16-10-12-7-3-4-8-13(12)15/h2-9H,10H2,1H3. The fourth-order valence-electron chi connectivity index (χ4n) is 1.49. The van der Waals surface area contributed by atoms with E-state index in [0.29, 0.717) is 5.56 Å². The van der Waals surface area contributed by atoms with Gasteiger partial charge in [-0.25, -0.2) is 4.39 Å². The third kappa shape index (κ3) is 2.40. The van der Waals surface area contributed by atoms with E-state index in [1.807, 2.05) is 31.2 Å². The first kappa shape index (κ1) is 10.7. The highest BCUT2D eigenvalue weighted by Gasteiger charge is 2.02. The van der Waals surface area contributed by atoms with Gasteiger partial charge >= 0.3 is 0 Å². The lowest BCUT2D eigenvalue weighted by Gasteiger charge is -2.09. The van der Waals surface area contributed by atoms with Crippen molar-refractivity contribution in [2.24, 2.45) is 0 Å². The fraction of sp³-hybridized carbons (Fsp3) is 0.143. The summed E-state index contributed by atoms with van der Waals surface area (Å²) < 4.78 is 18.9. The van der Waals surface area contributed by atoms with Crippen LogP contribution in [0.5, 0.6) is 5.75 Å². The van der Waals surface area contributed by atoms with E-state index in [0.717, 1.165) is 11.3 Å². The lowest BCUT2D eigenvalue weighted by Crippen LogP contribution is -1.99. The van der Waals surface area contributed by atoms with Gasteiger partial charge < -0.3 is 4.74 Å². The molecule has 2 aromatic rings. The number of hydrogen-bond acceptors (Lipinski definition) is 1. The summed E-state index contributed by atoms with van der Waals surface area (Å²) in [6.07, 6.45) is 0. The predicted octanol–water partition coefficient (Wildman–Crippen LogP) is 3.71. The Bertz CT molecular complexity index is 434. The highest BCUT2D eigenvalue weighted by molar-refractivity contribution is 5.32. The predicted molar refractivity (Wildman–Crippen MR) is 61.9 cm³/mol. The van der Waals surface area contributed by atoms with Crippen LogP contribution in [0.4, 0.5) is 4.39 Å². The van der Waals surface area contributed by atoms with Crippen LogP contribution in [0.1, 0.15) is 11.1 Å². The molecule has 0 N–H and O–H groups in total. The van der Waals surface area contributed by atoms with Gasteiger partial charge in [0.1, 0.15) is 18.2 Å². The molecule has 0 bridgehead atoms. The number of ether oxygens (including phenoxy) is 1. The Balaban J connectivity index is 2.09. The number of hydrogen-bond donors (Lipinski definition) is 0. The van der Waals surface area contributed by atoms with Gasteiger partial charge in [0, 0.05) is 5.56 Å². The van der Waals surface area contributed by atoms with Crippen molar-refractivity contribution in [3.63, 3.8) is 0 Å². The second-order valence-corrected chi connectivity index (χ2v) is 3.65. The topological polar surface area (TPSA) is 9.23 Å². The number of aryl methyl sites for hydroxylation is 1. The zero-order valence-corrected chi connectivity index (χ0v) is 9.11. The summed E-state index contributed by atoms with van der Waals surface area (Å²) in [7, 11) is 0. The van der Waals surface area contributed by atoms with Crippen molar-refractivity contribution in [2.75, 3.05) is 0 Å². The first-order chi connectivity index (χ1) is 7.77. The van der Waals surface area contributed by atoms with Crippen molar-refractivity contribution in [3.8, 4) is 5.75 Å². The van der Waals surface area contributed by atoms with Crippen molar-refractivity contribution in [1.29, 1.82) is 0 Å². The summed E-state index contributed by atoms with van der Waals surface area (Å²) >= 11 is 0. The molecule has 0 aliphatic rings. The van der Waals surface area contributed by atoms with Gasteiger partial charge in [-0.05, 0) is 24.6 Å². The van der Waals surface area contributed by atoms with Crippen molar-refractivity contribution < 1.29 is 9.13 Å². The van der Waals surface area contributed by atoms with E-state index in [1.165, 1.54) is 6.07 Å². The van der Waals surface area contributed by atoms with Crippen LogP contribution >= 0.6 is 0 Å². The fourth-order valence-corrected chi connectivity index (χ4v) is 1.49. The lowest BCUT2D eigenvalue weighted by molar-refractivity contribution is 0.298. The van der Waals surface area contributed by atoms with E-state index in [2.05, 4.69) is 0 Å². The van der Waals surface area contributed by atoms with Crippen LogP contribution in [0.15, 0.2) is 48.5 Å². The van der Waals surface area contributed by atoms with E-state index in [-0.39, 0.29) is 12.4 Å². The average molecular weight is 216 g/mol. The Morgan fingerprint density at radius 1 is 1.00 bits per heavy atom. The maximum absolute atomic E-state index is 13.3. The van der Waals surface area contributed by atoms with Crippen molar-refractivity contribution in [3.05, 3.63) is 65.5 Å². The van der Waals surface area contributed by atoms with Crippen molar-refractivity contribution in [2.45, 2.75) is 13.5 Å². The minimum atomic E-state index is -0.226. The van der Waals surface area contributed by atoms with E-state index >= 15 is 0 Å². The number of benzene rings is 2. The molecule has 0 aliphatic heterocycles. The maximum atomic E-state index is 13.3. The molecule has 0 aromatic heterocycles. The Labute approximate surface area is 94.5 Å². The molecule has 0 fully saturated rings. The van der Waals surface area contributed by atoms with E-state index in [4.69, 9.17) is 4.74 Å². The molecule has 2 heteroatoms. The third-order valence-electron chi connectivity index (χ3n) is 2.43. The van der Waals surface area contributed by atoms with Gasteiger partial charge in [0.05, 0.1) is 0 Å². The molecular formula is C14H13FO. The Hall–Kier alpha value is -1.83. The Morgan fingerprint density at radius 2 is 1.69 bits per heavy atom. The van der Waals surface area contributed by atoms with Crippen molar-refractivity contribution in [1.82, 2.24) is 0 Å². The summed E-state index contributed by atoms with van der Waals surface area (Å²) in [4.78, 5) is 0. The van der Waals surface area contributed by atoms with Gasteiger partial charge in [-0.2, -0.15) is 0 Å². The molecule has 1 nitrogen and oxygen atoms in total. The molecule has 0 atom stereocenters. The zero-order chi connectivity index (χ0) is 11.4. The number of halogens is 1. The highest BCUT2D eigenvalue weighted by atomic mass is 19.1. The quantitative estimate of drug-likeness (QED) is 0.759. The molecule has 0 radical (unpaired) electrons. The third-order valence-corrected chi connectivity index (χ3v) is 2.43. The van der Waals surface area contributed by atoms with Gasteiger partial charge in [-0.3, -0.25) is 0 Å². The van der Waals surface area contributed by atoms with Crippen LogP contribution < -0.4 is 4.74 Å². The second-order valence-electron chi connectivity index (χ2n) is 3.65. The SMILES string of the molecule is Cc1ccccc1OCc1ccccc1F. The van der Waals surface area contributed by atoms with Gasteiger partial charge in [0.25, 0.3) is 0 Å². The summed E-state index contributed by atoms with van der Waals surface area (Å²) in [6.45, 7) is 2.23. The van der Waals surface area contributed by atoms with E-state index < -0.39 is 0 Å². The van der Waals surface area contributed by atoms with Crippen LogP contribution in [0.3, 0.4) is 0 Å². The van der Waals surface area contributed by atoms with Gasteiger partial charge in [-0.1, -0.05) is 36.4 Å². The molecule has 0 aliphatic carbocycles. The molecule has 0 heterocycles.